The van der Waals surface area contributed by atoms with Gasteiger partial charge in [-0.2, -0.15) is 0 Å². The van der Waals surface area contributed by atoms with Crippen LogP contribution in [0.1, 0.15) is 29.9 Å². The molecule has 3 rings (SSSR count). The van der Waals surface area contributed by atoms with E-state index in [1.807, 2.05) is 26.0 Å². The van der Waals surface area contributed by atoms with Crippen LogP contribution in [-0.4, -0.2) is 18.2 Å². The highest BCUT2D eigenvalue weighted by molar-refractivity contribution is 7.90. The third kappa shape index (κ3) is 2.91. The highest BCUT2D eigenvalue weighted by Gasteiger charge is 2.27. The van der Waals surface area contributed by atoms with E-state index in [1.54, 1.807) is 37.3 Å². The van der Waals surface area contributed by atoms with Gasteiger partial charge in [0.1, 0.15) is 5.69 Å². The van der Waals surface area contributed by atoms with E-state index in [9.17, 15) is 13.2 Å². The lowest BCUT2D eigenvalue weighted by Gasteiger charge is -2.11. The number of allylic oxidation sites excluding steroid dienone is 2. The fourth-order valence-corrected chi connectivity index (χ4v) is 4.53. The van der Waals surface area contributed by atoms with Crippen LogP contribution in [-0.2, 0) is 10.0 Å². The predicted octanol–water partition coefficient (Wildman–Crippen LogP) is 4.34. The van der Waals surface area contributed by atoms with Gasteiger partial charge in [-0.05, 0) is 50.6 Å². The van der Waals surface area contributed by atoms with Crippen molar-refractivity contribution < 1.29 is 13.2 Å². The van der Waals surface area contributed by atoms with Crippen LogP contribution in [0, 0.1) is 6.92 Å². The molecule has 0 unspecified atom stereocenters. The van der Waals surface area contributed by atoms with Gasteiger partial charge in [0, 0.05) is 5.39 Å². The monoisotopic (exact) mass is 353 g/mol. The van der Waals surface area contributed by atoms with Crippen LogP contribution in [0.5, 0.6) is 0 Å². The number of nitrogens with zero attached hydrogens (tertiary/aromatic N) is 1. The van der Waals surface area contributed by atoms with Crippen molar-refractivity contribution in [3.63, 3.8) is 0 Å². The summed E-state index contributed by atoms with van der Waals surface area (Å²) in [6.45, 7) is 5.41. The summed E-state index contributed by atoms with van der Waals surface area (Å²) in [5.41, 5.74) is 2.18. The van der Waals surface area contributed by atoms with E-state index in [-0.39, 0.29) is 16.4 Å². The van der Waals surface area contributed by atoms with E-state index >= 15 is 0 Å². The summed E-state index contributed by atoms with van der Waals surface area (Å²) in [4.78, 5) is 12.9. The number of aromatic nitrogens is 1. The molecule has 5 heteroatoms. The first-order valence-electron chi connectivity index (χ1n) is 7.94. The Hall–Kier alpha value is -2.66. The second-order valence-corrected chi connectivity index (χ2v) is 7.95. The zero-order valence-corrected chi connectivity index (χ0v) is 15.2. The maximum absolute atomic E-state index is 13.3. The Bertz CT molecular complexity index is 1090. The Balaban J connectivity index is 2.42. The van der Waals surface area contributed by atoms with E-state index in [2.05, 4.69) is 0 Å². The molecule has 4 nitrogen and oxygen atoms in total. The summed E-state index contributed by atoms with van der Waals surface area (Å²) in [5, 5.41) is 0.757. The molecule has 128 valence electrons. The smallest absolute Gasteiger partial charge is 0.268 e. The Labute approximate surface area is 147 Å². The maximum atomic E-state index is 13.3. The van der Waals surface area contributed by atoms with E-state index in [1.165, 1.54) is 22.2 Å². The Kier molecular flexibility index (Phi) is 4.35. The Morgan fingerprint density at radius 2 is 1.56 bits per heavy atom. The fourth-order valence-electron chi connectivity index (χ4n) is 2.93. The van der Waals surface area contributed by atoms with Gasteiger partial charge in [0.15, 0.2) is 0 Å². The molecule has 0 radical (unpaired) electrons. The first-order chi connectivity index (χ1) is 11.8. The summed E-state index contributed by atoms with van der Waals surface area (Å²) in [7, 11) is -3.89. The van der Waals surface area contributed by atoms with Gasteiger partial charge in [0.25, 0.3) is 10.0 Å². The van der Waals surface area contributed by atoms with Crippen LogP contribution in [0.15, 0.2) is 71.1 Å². The lowest BCUT2D eigenvalue weighted by atomic mass is 10.1. The van der Waals surface area contributed by atoms with Crippen LogP contribution in [0.25, 0.3) is 10.9 Å². The molecule has 3 aromatic rings. The molecular weight excluding hydrogens is 334 g/mol. The molecule has 0 saturated carbocycles. The van der Waals surface area contributed by atoms with Crippen LogP contribution in [0.2, 0.25) is 0 Å². The van der Waals surface area contributed by atoms with Crippen molar-refractivity contribution in [2.75, 3.05) is 0 Å². The third-order valence-electron chi connectivity index (χ3n) is 4.02. The lowest BCUT2D eigenvalue weighted by Crippen LogP contribution is -2.18. The van der Waals surface area contributed by atoms with Crippen LogP contribution >= 0.6 is 0 Å². The standard InChI is InChI=1S/C20H19NO3S/c1-14(2)13-19(22)20-15(3)17-11-7-8-12-18(17)21(20)25(23,24)16-9-5-4-6-10-16/h4-13H,1-3H3. The van der Waals surface area contributed by atoms with Gasteiger partial charge < -0.3 is 0 Å². The van der Waals surface area contributed by atoms with Gasteiger partial charge >= 0.3 is 0 Å². The molecule has 0 amide bonds. The number of benzene rings is 2. The van der Waals surface area contributed by atoms with Gasteiger partial charge in [-0.25, -0.2) is 12.4 Å². The second-order valence-electron chi connectivity index (χ2n) is 6.16. The highest BCUT2D eigenvalue weighted by Crippen LogP contribution is 2.30. The third-order valence-corrected chi connectivity index (χ3v) is 5.75. The average Bonchev–Trinajstić information content (AvgIpc) is 2.89. The van der Waals surface area contributed by atoms with E-state index in [4.69, 9.17) is 0 Å². The molecule has 1 heterocycles. The number of rotatable bonds is 4. The SMILES string of the molecule is CC(C)=CC(=O)c1c(C)c2ccccc2n1S(=O)(=O)c1ccccc1. The van der Waals surface area contributed by atoms with Crippen molar-refractivity contribution in [1.82, 2.24) is 3.97 Å². The molecule has 0 aliphatic carbocycles. The van der Waals surface area contributed by atoms with E-state index in [0.29, 0.717) is 11.1 Å². The van der Waals surface area contributed by atoms with Gasteiger partial charge in [-0.1, -0.05) is 42.0 Å². The molecule has 0 aliphatic rings. The molecule has 1 aromatic heterocycles. The number of ketones is 1. The number of aryl methyl sites for hydroxylation is 1. The van der Waals surface area contributed by atoms with E-state index in [0.717, 1.165) is 11.0 Å². The van der Waals surface area contributed by atoms with E-state index < -0.39 is 10.0 Å². The van der Waals surface area contributed by atoms with Gasteiger partial charge in [0.2, 0.25) is 5.78 Å². The summed E-state index contributed by atoms with van der Waals surface area (Å²) in [5.74, 6) is -0.312. The van der Waals surface area contributed by atoms with Crippen molar-refractivity contribution in [2.24, 2.45) is 0 Å². The number of fused-ring (bicyclic) bond motifs is 1. The minimum Gasteiger partial charge on any atom is -0.288 e. The molecule has 0 N–H and O–H groups in total. The molecule has 0 fully saturated rings. The molecule has 0 saturated heterocycles. The van der Waals surface area contributed by atoms with Crippen molar-refractivity contribution in [3.05, 3.63) is 77.5 Å². The van der Waals surface area contributed by atoms with Gasteiger partial charge in [-0.15, -0.1) is 0 Å². The zero-order chi connectivity index (χ0) is 18.2. The van der Waals surface area contributed by atoms with Crippen molar-refractivity contribution in [3.8, 4) is 0 Å². The number of carbonyl (C=O) groups excluding carboxylic acids is 1. The Morgan fingerprint density at radius 3 is 2.20 bits per heavy atom. The lowest BCUT2D eigenvalue weighted by molar-refractivity contribution is 0.104. The second kappa shape index (κ2) is 6.33. The topological polar surface area (TPSA) is 56.1 Å². The molecular formula is C20H19NO3S. The highest BCUT2D eigenvalue weighted by atomic mass is 32.2. The Morgan fingerprint density at radius 1 is 0.960 bits per heavy atom. The van der Waals surface area contributed by atoms with Crippen molar-refractivity contribution in [2.45, 2.75) is 25.7 Å². The maximum Gasteiger partial charge on any atom is 0.268 e. The van der Waals surface area contributed by atoms with Crippen molar-refractivity contribution >= 4 is 26.7 Å². The summed E-state index contributed by atoms with van der Waals surface area (Å²) < 4.78 is 27.7. The quantitative estimate of drug-likeness (QED) is 0.518. The molecule has 0 bridgehead atoms. The number of carbonyl (C=O) groups is 1. The zero-order valence-electron chi connectivity index (χ0n) is 14.4. The van der Waals surface area contributed by atoms with Crippen LogP contribution in [0.4, 0.5) is 0 Å². The normalized spacial score (nSPS) is 11.5. The molecule has 0 atom stereocenters. The largest absolute Gasteiger partial charge is 0.288 e. The van der Waals surface area contributed by atoms with Crippen LogP contribution in [0.3, 0.4) is 0 Å². The summed E-state index contributed by atoms with van der Waals surface area (Å²) >= 11 is 0. The minimum absolute atomic E-state index is 0.155. The minimum atomic E-state index is -3.89. The van der Waals surface area contributed by atoms with Crippen LogP contribution < -0.4 is 0 Å². The van der Waals surface area contributed by atoms with Gasteiger partial charge in [0.05, 0.1) is 10.4 Å². The van der Waals surface area contributed by atoms with Gasteiger partial charge in [-0.3, -0.25) is 4.79 Å². The average molecular weight is 353 g/mol. The molecule has 0 aliphatic heterocycles. The molecule has 2 aromatic carbocycles. The fraction of sp³-hybridized carbons (Fsp3) is 0.150. The first-order valence-corrected chi connectivity index (χ1v) is 9.38. The number of para-hydroxylation sites is 1. The first kappa shape index (κ1) is 17.2. The predicted molar refractivity (Wildman–Crippen MR) is 99.5 cm³/mol. The number of hydrogen-bond acceptors (Lipinski definition) is 3. The summed E-state index contributed by atoms with van der Waals surface area (Å²) in [6, 6.07) is 15.3. The molecule has 0 spiro atoms. The summed E-state index contributed by atoms with van der Waals surface area (Å²) in [6.07, 6.45) is 1.47. The molecule has 25 heavy (non-hydrogen) atoms. The number of hydrogen-bond donors (Lipinski definition) is 0. The van der Waals surface area contributed by atoms with Crippen molar-refractivity contribution in [1.29, 1.82) is 0 Å².